The van der Waals surface area contributed by atoms with Crippen LogP contribution in [0.4, 0.5) is 22.7 Å². The van der Waals surface area contributed by atoms with Gasteiger partial charge >= 0.3 is 0 Å². The second-order valence-electron chi connectivity index (χ2n) is 15.7. The van der Waals surface area contributed by atoms with Crippen LogP contribution in [0, 0.1) is 0 Å². The van der Waals surface area contributed by atoms with Gasteiger partial charge in [0, 0.05) is 38.8 Å². The van der Waals surface area contributed by atoms with E-state index in [1.165, 1.54) is 27.6 Å². The van der Waals surface area contributed by atoms with Crippen molar-refractivity contribution < 1.29 is 9.15 Å². The Bertz CT molecular complexity index is 3410. The van der Waals surface area contributed by atoms with Gasteiger partial charge in [-0.15, -0.1) is 0 Å². The smallest absolute Gasteiger partial charge is 0.196 e. The first-order chi connectivity index (χ1) is 30.2. The van der Waals surface area contributed by atoms with Crippen LogP contribution >= 0.6 is 0 Å². The number of anilines is 4. The highest BCUT2D eigenvalue weighted by molar-refractivity contribution is 6.07. The topological polar surface area (TPSA) is 37.6 Å². The van der Waals surface area contributed by atoms with Crippen LogP contribution < -0.4 is 15.0 Å². The quantitative estimate of drug-likeness (QED) is 0.175. The number of furan rings is 1. The van der Waals surface area contributed by atoms with E-state index in [0.29, 0.717) is 0 Å². The molecule has 1 aliphatic heterocycles. The van der Waals surface area contributed by atoms with E-state index >= 15 is 0 Å². The van der Waals surface area contributed by atoms with Crippen molar-refractivity contribution in [2.75, 3.05) is 10.2 Å². The monoisotopic (exact) mass is 782 g/mol. The molecule has 4 heteroatoms. The Morgan fingerprint density at radius 1 is 0.377 bits per heavy atom. The van der Waals surface area contributed by atoms with Crippen molar-refractivity contribution in [3.63, 3.8) is 0 Å². The van der Waals surface area contributed by atoms with Gasteiger partial charge in [0.15, 0.2) is 12.0 Å². The standard InChI is InChI=1S/C57H38N2O2/c1-3-10-37(11-4-1)39-18-21-42(22-19-39)57-58-53-32-31-49-48(15-9-16-51(49)56(53)61-57)43-23-20-41-26-29-46(35-44(41)34-43)59(45-27-24-40(25-28-45)38-12-5-2-6-13-38)47-30-33-55-52(36-47)50-14-7-8-17-54(50)60-55/h1-36,57-58H. The number of hydrogen-bond acceptors (Lipinski definition) is 4. The van der Waals surface area contributed by atoms with Crippen molar-refractivity contribution in [1.29, 1.82) is 0 Å². The van der Waals surface area contributed by atoms with Crippen LogP contribution in [0.5, 0.6) is 5.75 Å². The first-order valence-electron chi connectivity index (χ1n) is 20.8. The average molecular weight is 783 g/mol. The summed E-state index contributed by atoms with van der Waals surface area (Å²) in [4.78, 5) is 2.35. The molecule has 288 valence electrons. The van der Waals surface area contributed by atoms with Crippen molar-refractivity contribution >= 4 is 66.2 Å². The maximum atomic E-state index is 6.69. The molecule has 2 heterocycles. The zero-order valence-electron chi connectivity index (χ0n) is 33.1. The molecular weight excluding hydrogens is 745 g/mol. The van der Waals surface area contributed by atoms with E-state index in [9.17, 15) is 0 Å². The molecule has 1 aromatic heterocycles. The van der Waals surface area contributed by atoms with Gasteiger partial charge in [-0.3, -0.25) is 0 Å². The van der Waals surface area contributed by atoms with E-state index in [1.54, 1.807) is 0 Å². The fraction of sp³-hybridized carbons (Fsp3) is 0.0175. The van der Waals surface area contributed by atoms with E-state index in [2.05, 4.69) is 210 Å². The molecule has 1 atom stereocenters. The third-order valence-electron chi connectivity index (χ3n) is 12.1. The molecule has 0 bridgehead atoms. The SMILES string of the molecule is c1ccc(-c2ccc(C3Nc4ccc5c(-c6ccc7ccc(N(c8ccc(-c9ccccc9)cc8)c8ccc9oc%10ccccc%10c9c8)cc7c6)cccc5c4O3)cc2)cc1. The molecule has 10 aromatic carbocycles. The minimum absolute atomic E-state index is 0.265. The van der Waals surface area contributed by atoms with Gasteiger partial charge < -0.3 is 19.4 Å². The van der Waals surface area contributed by atoms with Gasteiger partial charge in [0.25, 0.3) is 0 Å². The Labute approximate surface area is 353 Å². The summed E-state index contributed by atoms with van der Waals surface area (Å²) in [5.41, 5.74) is 14.1. The van der Waals surface area contributed by atoms with Crippen LogP contribution in [0.25, 0.3) is 76.9 Å². The summed E-state index contributed by atoms with van der Waals surface area (Å²) in [7, 11) is 0. The summed E-state index contributed by atoms with van der Waals surface area (Å²) in [6.07, 6.45) is -0.265. The minimum Gasteiger partial charge on any atom is -0.464 e. The van der Waals surface area contributed by atoms with Crippen LogP contribution in [0.1, 0.15) is 11.8 Å². The van der Waals surface area contributed by atoms with E-state index in [0.717, 1.165) is 83.3 Å². The summed E-state index contributed by atoms with van der Waals surface area (Å²) < 4.78 is 12.9. The predicted molar refractivity (Wildman–Crippen MR) is 253 cm³/mol. The molecule has 1 N–H and O–H groups in total. The lowest BCUT2D eigenvalue weighted by molar-refractivity contribution is 0.262. The maximum Gasteiger partial charge on any atom is 0.196 e. The van der Waals surface area contributed by atoms with E-state index in [-0.39, 0.29) is 6.23 Å². The summed E-state index contributed by atoms with van der Waals surface area (Å²) in [5, 5.41) is 10.4. The van der Waals surface area contributed by atoms with Crippen molar-refractivity contribution in [3.05, 3.63) is 224 Å². The molecule has 1 unspecified atom stereocenters. The van der Waals surface area contributed by atoms with Crippen molar-refractivity contribution in [2.45, 2.75) is 6.23 Å². The lowest BCUT2D eigenvalue weighted by Gasteiger charge is -2.26. The Kier molecular flexibility index (Phi) is 8.20. The molecule has 1 aliphatic rings. The molecule has 0 radical (unpaired) electrons. The van der Waals surface area contributed by atoms with Gasteiger partial charge in [0.05, 0.1) is 5.69 Å². The van der Waals surface area contributed by atoms with Gasteiger partial charge in [-0.25, -0.2) is 0 Å². The molecule has 0 saturated heterocycles. The van der Waals surface area contributed by atoms with Crippen LogP contribution in [0.3, 0.4) is 0 Å². The summed E-state index contributed by atoms with van der Waals surface area (Å²) in [6, 6.07) is 77.7. The Hall–Kier alpha value is -8.08. The molecular formula is C57H38N2O2. The van der Waals surface area contributed by atoms with Crippen LogP contribution in [0.15, 0.2) is 223 Å². The van der Waals surface area contributed by atoms with Crippen molar-refractivity contribution in [1.82, 2.24) is 0 Å². The number of benzene rings is 10. The number of fused-ring (bicyclic) bond motifs is 7. The lowest BCUT2D eigenvalue weighted by Crippen LogP contribution is -2.09. The molecule has 0 fully saturated rings. The normalized spacial score (nSPS) is 13.3. The van der Waals surface area contributed by atoms with Gasteiger partial charge in [-0.1, -0.05) is 158 Å². The maximum absolute atomic E-state index is 6.69. The van der Waals surface area contributed by atoms with Gasteiger partial charge in [-0.05, 0) is 110 Å². The molecule has 0 spiro atoms. The molecule has 0 saturated carbocycles. The van der Waals surface area contributed by atoms with E-state index < -0.39 is 0 Å². The van der Waals surface area contributed by atoms with Crippen LogP contribution in [0.2, 0.25) is 0 Å². The third-order valence-corrected chi connectivity index (χ3v) is 12.1. The summed E-state index contributed by atoms with van der Waals surface area (Å²) in [5.74, 6) is 0.885. The fourth-order valence-electron chi connectivity index (χ4n) is 9.02. The highest BCUT2D eigenvalue weighted by Crippen LogP contribution is 2.46. The zero-order chi connectivity index (χ0) is 40.3. The molecule has 11 aromatic rings. The Morgan fingerprint density at radius 2 is 0.984 bits per heavy atom. The third kappa shape index (κ3) is 6.16. The van der Waals surface area contributed by atoms with Crippen LogP contribution in [-0.2, 0) is 0 Å². The molecule has 0 amide bonds. The summed E-state index contributed by atoms with van der Waals surface area (Å²) in [6.45, 7) is 0. The van der Waals surface area contributed by atoms with Gasteiger partial charge in [0.1, 0.15) is 11.2 Å². The number of para-hydroxylation sites is 1. The van der Waals surface area contributed by atoms with Crippen LogP contribution in [-0.4, -0.2) is 0 Å². The molecule has 12 rings (SSSR count). The van der Waals surface area contributed by atoms with Gasteiger partial charge in [-0.2, -0.15) is 0 Å². The second kappa shape index (κ2) is 14.3. The Morgan fingerprint density at radius 3 is 1.77 bits per heavy atom. The molecule has 0 aliphatic carbocycles. The highest BCUT2D eigenvalue weighted by Gasteiger charge is 2.26. The average Bonchev–Trinajstić information content (AvgIpc) is 3.94. The first-order valence-corrected chi connectivity index (χ1v) is 20.8. The number of nitrogens with zero attached hydrogens (tertiary/aromatic N) is 1. The Balaban J connectivity index is 0.915. The number of nitrogens with one attached hydrogen (secondary N) is 1. The van der Waals surface area contributed by atoms with Gasteiger partial charge in [0.2, 0.25) is 0 Å². The molecule has 4 nitrogen and oxygen atoms in total. The van der Waals surface area contributed by atoms with E-state index in [1.807, 2.05) is 18.2 Å². The van der Waals surface area contributed by atoms with Crippen molar-refractivity contribution in [3.8, 4) is 39.1 Å². The second-order valence-corrected chi connectivity index (χ2v) is 15.7. The number of rotatable bonds is 7. The van der Waals surface area contributed by atoms with Crippen molar-refractivity contribution in [2.24, 2.45) is 0 Å². The highest BCUT2D eigenvalue weighted by atomic mass is 16.5. The van der Waals surface area contributed by atoms with E-state index in [4.69, 9.17) is 9.15 Å². The summed E-state index contributed by atoms with van der Waals surface area (Å²) >= 11 is 0. The zero-order valence-corrected chi connectivity index (χ0v) is 33.1. The molecule has 61 heavy (non-hydrogen) atoms. The number of hydrogen-bond donors (Lipinski definition) is 1. The fourth-order valence-corrected chi connectivity index (χ4v) is 9.02. The number of ether oxygens (including phenoxy) is 1. The predicted octanol–water partition coefficient (Wildman–Crippen LogP) is 15.9. The minimum atomic E-state index is -0.265. The lowest BCUT2D eigenvalue weighted by atomic mass is 9.95. The largest absolute Gasteiger partial charge is 0.464 e. The first kappa shape index (κ1) is 34.9.